The highest BCUT2D eigenvalue weighted by Crippen LogP contribution is 2.28. The lowest BCUT2D eigenvalue weighted by molar-refractivity contribution is -0.385. The van der Waals surface area contributed by atoms with Gasteiger partial charge in [0.1, 0.15) is 4.47 Å². The highest BCUT2D eigenvalue weighted by Gasteiger charge is 2.19. The molecule has 0 atom stereocenters. The zero-order valence-electron chi connectivity index (χ0n) is 9.50. The van der Waals surface area contributed by atoms with Crippen molar-refractivity contribution in [3.8, 4) is 0 Å². The van der Waals surface area contributed by atoms with Crippen LogP contribution in [0.5, 0.6) is 0 Å². The third-order valence-electron chi connectivity index (χ3n) is 2.33. The number of halogens is 1. The summed E-state index contributed by atoms with van der Waals surface area (Å²) in [5, 5.41) is 13.5. The number of benzene rings is 1. The maximum atomic E-state index is 12.0. The molecule has 0 unspecified atom stereocenters. The minimum atomic E-state index is -0.538. The number of carbonyl (C=O) groups is 1. The third-order valence-corrected chi connectivity index (χ3v) is 3.94. The van der Waals surface area contributed by atoms with Crippen molar-refractivity contribution in [2.24, 2.45) is 0 Å². The number of aromatic nitrogens is 1. The summed E-state index contributed by atoms with van der Waals surface area (Å²) >= 11 is 4.52. The Morgan fingerprint density at radius 3 is 2.95 bits per heavy atom. The fourth-order valence-corrected chi connectivity index (χ4v) is 2.55. The first kappa shape index (κ1) is 13.6. The Balaban J connectivity index is 2.15. The number of nitrogens with one attached hydrogen (secondary N) is 1. The van der Waals surface area contributed by atoms with Crippen LogP contribution in [0.25, 0.3) is 0 Å². The van der Waals surface area contributed by atoms with Crippen LogP contribution in [-0.4, -0.2) is 15.8 Å². The molecule has 6 nitrogen and oxygen atoms in total. The average molecular weight is 342 g/mol. The topological polar surface area (TPSA) is 85.1 Å². The SMILES string of the molecule is O=C(NCc1cncs1)c1cccc([N+](=O)[O-])c1Br. The van der Waals surface area contributed by atoms with E-state index in [1.165, 1.54) is 29.5 Å². The van der Waals surface area contributed by atoms with E-state index in [2.05, 4.69) is 26.2 Å². The van der Waals surface area contributed by atoms with Crippen molar-refractivity contribution in [1.29, 1.82) is 0 Å². The van der Waals surface area contributed by atoms with E-state index in [9.17, 15) is 14.9 Å². The highest BCUT2D eigenvalue weighted by molar-refractivity contribution is 9.10. The summed E-state index contributed by atoms with van der Waals surface area (Å²) in [5.74, 6) is -0.371. The lowest BCUT2D eigenvalue weighted by Gasteiger charge is -2.05. The second-order valence-corrected chi connectivity index (χ2v) is 5.31. The van der Waals surface area contributed by atoms with Gasteiger partial charge in [-0.2, -0.15) is 0 Å². The normalized spacial score (nSPS) is 10.2. The van der Waals surface area contributed by atoms with Crippen molar-refractivity contribution < 1.29 is 9.72 Å². The van der Waals surface area contributed by atoms with Gasteiger partial charge >= 0.3 is 0 Å². The smallest absolute Gasteiger partial charge is 0.284 e. The van der Waals surface area contributed by atoms with Crippen molar-refractivity contribution >= 4 is 38.9 Å². The number of nitrogens with zero attached hydrogens (tertiary/aromatic N) is 2. The monoisotopic (exact) mass is 341 g/mol. The Labute approximate surface area is 120 Å². The van der Waals surface area contributed by atoms with Crippen molar-refractivity contribution in [3.05, 3.63) is 54.9 Å². The molecule has 0 saturated carbocycles. The number of rotatable bonds is 4. The second kappa shape index (κ2) is 5.89. The molecule has 0 aliphatic rings. The van der Waals surface area contributed by atoms with Crippen LogP contribution >= 0.6 is 27.3 Å². The van der Waals surface area contributed by atoms with Gasteiger partial charge in [0, 0.05) is 17.1 Å². The Bertz CT molecular complexity index is 616. The van der Waals surface area contributed by atoms with Crippen molar-refractivity contribution in [2.75, 3.05) is 0 Å². The first-order chi connectivity index (χ1) is 9.09. The fourth-order valence-electron chi connectivity index (χ4n) is 1.43. The van der Waals surface area contributed by atoms with Gasteiger partial charge in [-0.3, -0.25) is 19.9 Å². The summed E-state index contributed by atoms with van der Waals surface area (Å²) in [7, 11) is 0. The van der Waals surface area contributed by atoms with Crippen molar-refractivity contribution in [2.45, 2.75) is 6.54 Å². The van der Waals surface area contributed by atoms with E-state index >= 15 is 0 Å². The van der Waals surface area contributed by atoms with Crippen LogP contribution in [0.1, 0.15) is 15.2 Å². The molecule has 1 aromatic heterocycles. The molecule has 0 aliphatic heterocycles. The molecule has 1 amide bonds. The van der Waals surface area contributed by atoms with Gasteiger partial charge in [-0.15, -0.1) is 11.3 Å². The number of nitro groups is 1. The number of hydrogen-bond acceptors (Lipinski definition) is 5. The van der Waals surface area contributed by atoms with E-state index in [0.29, 0.717) is 6.54 Å². The standard InChI is InChI=1S/C11H8BrN3O3S/c12-10-8(2-1-3-9(10)15(17)18)11(16)14-5-7-4-13-6-19-7/h1-4,6H,5H2,(H,14,16). The van der Waals surface area contributed by atoms with E-state index in [-0.39, 0.29) is 21.6 Å². The van der Waals surface area contributed by atoms with Crippen molar-refractivity contribution in [3.63, 3.8) is 0 Å². The minimum absolute atomic E-state index is 0.134. The van der Waals surface area contributed by atoms with Crippen LogP contribution in [0.2, 0.25) is 0 Å². The maximum absolute atomic E-state index is 12.0. The molecule has 8 heteroatoms. The predicted molar refractivity (Wildman–Crippen MR) is 74.1 cm³/mol. The molecule has 0 fully saturated rings. The zero-order chi connectivity index (χ0) is 13.8. The van der Waals surface area contributed by atoms with E-state index in [4.69, 9.17) is 0 Å². The molecule has 0 radical (unpaired) electrons. The summed E-state index contributed by atoms with van der Waals surface area (Å²) in [6.45, 7) is 0.346. The molecule has 2 aromatic rings. The molecule has 1 N–H and O–H groups in total. The molecular formula is C11H8BrN3O3S. The van der Waals surface area contributed by atoms with Crippen LogP contribution in [0.4, 0.5) is 5.69 Å². The summed E-state index contributed by atoms with van der Waals surface area (Å²) in [6, 6.07) is 4.34. The Hall–Kier alpha value is -1.80. The molecule has 0 spiro atoms. The number of carbonyl (C=O) groups excluding carboxylic acids is 1. The molecule has 1 heterocycles. The molecule has 0 aliphatic carbocycles. The van der Waals surface area contributed by atoms with Crippen LogP contribution in [0, 0.1) is 10.1 Å². The lowest BCUT2D eigenvalue weighted by Crippen LogP contribution is -2.22. The van der Waals surface area contributed by atoms with Crippen molar-refractivity contribution in [1.82, 2.24) is 10.3 Å². The van der Waals surface area contributed by atoms with E-state index in [0.717, 1.165) is 4.88 Å². The maximum Gasteiger partial charge on any atom is 0.284 e. The average Bonchev–Trinajstić information content (AvgIpc) is 2.89. The van der Waals surface area contributed by atoms with E-state index < -0.39 is 4.92 Å². The second-order valence-electron chi connectivity index (χ2n) is 3.55. The molecule has 2 rings (SSSR count). The lowest BCUT2D eigenvalue weighted by atomic mass is 10.2. The molecule has 19 heavy (non-hydrogen) atoms. The Morgan fingerprint density at radius 1 is 1.53 bits per heavy atom. The van der Waals surface area contributed by atoms with Crippen LogP contribution in [-0.2, 0) is 6.54 Å². The van der Waals surface area contributed by atoms with Gasteiger partial charge in [0.25, 0.3) is 11.6 Å². The number of nitro benzene ring substituents is 1. The summed E-state index contributed by atoms with van der Waals surface area (Å²) in [5.41, 5.74) is 1.77. The van der Waals surface area contributed by atoms with Gasteiger partial charge in [0.15, 0.2) is 0 Å². The van der Waals surface area contributed by atoms with E-state index in [1.54, 1.807) is 11.7 Å². The first-order valence-corrected chi connectivity index (χ1v) is 6.85. The van der Waals surface area contributed by atoms with Gasteiger partial charge in [0.05, 0.1) is 22.5 Å². The fraction of sp³-hybridized carbons (Fsp3) is 0.0909. The third kappa shape index (κ3) is 3.15. The van der Waals surface area contributed by atoms with Gasteiger partial charge in [-0.25, -0.2) is 0 Å². The van der Waals surface area contributed by atoms with E-state index in [1.807, 2.05) is 0 Å². The Morgan fingerprint density at radius 2 is 2.32 bits per heavy atom. The van der Waals surface area contributed by atoms with Crippen LogP contribution < -0.4 is 5.32 Å². The summed E-state index contributed by atoms with van der Waals surface area (Å²) in [6.07, 6.45) is 1.66. The molecule has 0 bridgehead atoms. The van der Waals surface area contributed by atoms with Gasteiger partial charge in [0.2, 0.25) is 0 Å². The Kier molecular flexibility index (Phi) is 4.23. The van der Waals surface area contributed by atoms with Gasteiger partial charge in [-0.05, 0) is 22.0 Å². The van der Waals surface area contributed by atoms with Crippen LogP contribution in [0.3, 0.4) is 0 Å². The molecular weight excluding hydrogens is 334 g/mol. The highest BCUT2D eigenvalue weighted by atomic mass is 79.9. The number of thiazole rings is 1. The minimum Gasteiger partial charge on any atom is -0.347 e. The van der Waals surface area contributed by atoms with Gasteiger partial charge in [-0.1, -0.05) is 6.07 Å². The summed E-state index contributed by atoms with van der Waals surface area (Å²) in [4.78, 5) is 27.0. The number of hydrogen-bond donors (Lipinski definition) is 1. The predicted octanol–water partition coefficient (Wildman–Crippen LogP) is 2.74. The molecule has 98 valence electrons. The zero-order valence-corrected chi connectivity index (χ0v) is 11.9. The largest absolute Gasteiger partial charge is 0.347 e. The van der Waals surface area contributed by atoms with Crippen LogP contribution in [0.15, 0.2) is 34.4 Å². The van der Waals surface area contributed by atoms with Gasteiger partial charge < -0.3 is 5.32 Å². The molecule has 1 aromatic carbocycles. The molecule has 0 saturated heterocycles. The quantitative estimate of drug-likeness (QED) is 0.684. The summed E-state index contributed by atoms with van der Waals surface area (Å²) < 4.78 is 0.182. The number of amides is 1. The first-order valence-electron chi connectivity index (χ1n) is 5.18.